The lowest BCUT2D eigenvalue weighted by Crippen LogP contribution is -2.46. The summed E-state index contributed by atoms with van der Waals surface area (Å²) in [4.78, 5) is 23.8. The number of amides is 2. The second-order valence-corrected chi connectivity index (χ2v) is 6.63. The summed E-state index contributed by atoms with van der Waals surface area (Å²) in [6, 6.07) is 14.7. The van der Waals surface area contributed by atoms with Gasteiger partial charge in [-0.15, -0.1) is 0 Å². The SMILES string of the molecule is C=CC(=O)Nc1cccc(C(=O)NCC2(O)CCc3ccccc3C2)c1. The molecule has 0 heterocycles. The molecule has 0 radical (unpaired) electrons. The number of hydrogen-bond acceptors (Lipinski definition) is 3. The lowest BCUT2D eigenvalue weighted by molar-refractivity contribution is -0.111. The first-order chi connectivity index (χ1) is 12.5. The summed E-state index contributed by atoms with van der Waals surface area (Å²) in [5.74, 6) is -0.621. The van der Waals surface area contributed by atoms with Gasteiger partial charge in [-0.05, 0) is 48.2 Å². The molecule has 2 aromatic carbocycles. The van der Waals surface area contributed by atoms with Crippen molar-refractivity contribution in [1.29, 1.82) is 0 Å². The van der Waals surface area contributed by atoms with Crippen LogP contribution in [0.25, 0.3) is 0 Å². The Labute approximate surface area is 152 Å². The standard InChI is InChI=1S/C21H22N2O3/c1-2-19(24)23-18-9-5-8-16(12-18)20(25)22-14-21(26)11-10-15-6-3-4-7-17(15)13-21/h2-9,12,26H,1,10-11,13-14H2,(H,22,25)(H,23,24). The highest BCUT2D eigenvalue weighted by molar-refractivity contribution is 6.00. The highest BCUT2D eigenvalue weighted by Gasteiger charge is 2.32. The number of hydrogen-bond donors (Lipinski definition) is 3. The number of rotatable bonds is 5. The minimum atomic E-state index is -0.946. The van der Waals surface area contributed by atoms with Crippen LogP contribution in [0.5, 0.6) is 0 Å². The summed E-state index contributed by atoms with van der Waals surface area (Å²) < 4.78 is 0. The van der Waals surface area contributed by atoms with Crippen LogP contribution in [0.2, 0.25) is 0 Å². The predicted molar refractivity (Wildman–Crippen MR) is 101 cm³/mol. The summed E-state index contributed by atoms with van der Waals surface area (Å²) in [7, 11) is 0. The van der Waals surface area contributed by atoms with E-state index in [2.05, 4.69) is 23.3 Å². The molecule has 1 atom stereocenters. The molecule has 1 unspecified atom stereocenters. The summed E-state index contributed by atoms with van der Waals surface area (Å²) >= 11 is 0. The number of benzene rings is 2. The van der Waals surface area contributed by atoms with E-state index in [9.17, 15) is 14.7 Å². The van der Waals surface area contributed by atoms with Gasteiger partial charge in [0.05, 0.1) is 5.60 Å². The lowest BCUT2D eigenvalue weighted by atomic mass is 9.80. The smallest absolute Gasteiger partial charge is 0.251 e. The van der Waals surface area contributed by atoms with Crippen molar-refractivity contribution in [2.45, 2.75) is 24.9 Å². The van der Waals surface area contributed by atoms with Crippen LogP contribution in [0, 0.1) is 0 Å². The van der Waals surface area contributed by atoms with Crippen LogP contribution in [-0.2, 0) is 17.6 Å². The van der Waals surface area contributed by atoms with Gasteiger partial charge in [-0.2, -0.15) is 0 Å². The van der Waals surface area contributed by atoms with Crippen LogP contribution in [0.15, 0.2) is 61.2 Å². The van der Waals surface area contributed by atoms with Gasteiger partial charge >= 0.3 is 0 Å². The zero-order chi connectivity index (χ0) is 18.6. The predicted octanol–water partition coefficient (Wildman–Crippen LogP) is 2.46. The quantitative estimate of drug-likeness (QED) is 0.725. The van der Waals surface area contributed by atoms with Crippen molar-refractivity contribution in [3.05, 3.63) is 77.9 Å². The van der Waals surface area contributed by atoms with E-state index in [1.807, 2.05) is 18.2 Å². The highest BCUT2D eigenvalue weighted by atomic mass is 16.3. The Morgan fingerprint density at radius 2 is 1.92 bits per heavy atom. The zero-order valence-corrected chi connectivity index (χ0v) is 14.5. The number of nitrogens with one attached hydrogen (secondary N) is 2. The lowest BCUT2D eigenvalue weighted by Gasteiger charge is -2.33. The monoisotopic (exact) mass is 350 g/mol. The average Bonchev–Trinajstić information content (AvgIpc) is 2.66. The normalized spacial score (nSPS) is 18.5. The molecule has 3 N–H and O–H groups in total. The average molecular weight is 350 g/mol. The van der Waals surface area contributed by atoms with Crippen LogP contribution < -0.4 is 10.6 Å². The fourth-order valence-electron chi connectivity index (χ4n) is 3.21. The van der Waals surface area contributed by atoms with Crippen molar-refractivity contribution < 1.29 is 14.7 Å². The molecular weight excluding hydrogens is 328 g/mol. The Balaban J connectivity index is 1.63. The van der Waals surface area contributed by atoms with E-state index in [4.69, 9.17) is 0 Å². The van der Waals surface area contributed by atoms with Gasteiger partial charge in [0.25, 0.3) is 5.91 Å². The third-order valence-electron chi connectivity index (χ3n) is 4.65. The number of carbonyl (C=O) groups excluding carboxylic acids is 2. The van der Waals surface area contributed by atoms with E-state index in [-0.39, 0.29) is 18.4 Å². The summed E-state index contributed by atoms with van der Waals surface area (Å²) in [5, 5.41) is 16.3. The van der Waals surface area contributed by atoms with Gasteiger partial charge in [0.1, 0.15) is 0 Å². The highest BCUT2D eigenvalue weighted by Crippen LogP contribution is 2.28. The van der Waals surface area contributed by atoms with Crippen molar-refractivity contribution >= 4 is 17.5 Å². The van der Waals surface area contributed by atoms with Gasteiger partial charge in [0.15, 0.2) is 0 Å². The Morgan fingerprint density at radius 3 is 2.69 bits per heavy atom. The molecule has 0 saturated carbocycles. The third-order valence-corrected chi connectivity index (χ3v) is 4.65. The molecule has 0 aromatic heterocycles. The van der Waals surface area contributed by atoms with Crippen LogP contribution >= 0.6 is 0 Å². The molecule has 0 fully saturated rings. The van der Waals surface area contributed by atoms with Gasteiger partial charge < -0.3 is 15.7 Å². The minimum Gasteiger partial charge on any atom is -0.388 e. The van der Waals surface area contributed by atoms with Crippen LogP contribution in [0.3, 0.4) is 0 Å². The molecule has 1 aliphatic carbocycles. The van der Waals surface area contributed by atoms with Crippen molar-refractivity contribution in [1.82, 2.24) is 5.32 Å². The van der Waals surface area contributed by atoms with Gasteiger partial charge in [0.2, 0.25) is 5.91 Å². The van der Waals surface area contributed by atoms with E-state index in [0.29, 0.717) is 24.1 Å². The fourth-order valence-corrected chi connectivity index (χ4v) is 3.21. The Kier molecular flexibility index (Phi) is 5.19. The third kappa shape index (κ3) is 4.18. The molecule has 0 spiro atoms. The molecule has 0 aliphatic heterocycles. The van der Waals surface area contributed by atoms with Crippen molar-refractivity contribution in [3.63, 3.8) is 0 Å². The number of anilines is 1. The molecule has 0 saturated heterocycles. The summed E-state index contributed by atoms with van der Waals surface area (Å²) in [5.41, 5.74) is 2.39. The zero-order valence-electron chi connectivity index (χ0n) is 14.5. The van der Waals surface area contributed by atoms with Crippen LogP contribution in [0.4, 0.5) is 5.69 Å². The van der Waals surface area contributed by atoms with Crippen molar-refractivity contribution in [3.8, 4) is 0 Å². The molecule has 5 heteroatoms. The first-order valence-electron chi connectivity index (χ1n) is 8.60. The molecule has 134 valence electrons. The van der Waals surface area contributed by atoms with E-state index >= 15 is 0 Å². The Bertz CT molecular complexity index is 847. The van der Waals surface area contributed by atoms with Gasteiger partial charge in [0, 0.05) is 24.2 Å². The summed E-state index contributed by atoms with van der Waals surface area (Å²) in [6.45, 7) is 3.58. The van der Waals surface area contributed by atoms with Crippen molar-refractivity contribution in [2.75, 3.05) is 11.9 Å². The Morgan fingerprint density at radius 1 is 1.15 bits per heavy atom. The van der Waals surface area contributed by atoms with Gasteiger partial charge in [-0.25, -0.2) is 0 Å². The molecule has 5 nitrogen and oxygen atoms in total. The van der Waals surface area contributed by atoms with Crippen molar-refractivity contribution in [2.24, 2.45) is 0 Å². The van der Waals surface area contributed by atoms with E-state index in [1.54, 1.807) is 24.3 Å². The second-order valence-electron chi connectivity index (χ2n) is 6.63. The fraction of sp³-hybridized carbons (Fsp3) is 0.238. The largest absolute Gasteiger partial charge is 0.388 e. The number of aryl methyl sites for hydroxylation is 1. The maximum absolute atomic E-state index is 12.4. The molecule has 2 aromatic rings. The molecule has 3 rings (SSSR count). The number of fused-ring (bicyclic) bond motifs is 1. The minimum absolute atomic E-state index is 0.184. The molecule has 26 heavy (non-hydrogen) atoms. The first kappa shape index (κ1) is 17.9. The summed E-state index contributed by atoms with van der Waals surface area (Å²) in [6.07, 6.45) is 3.10. The van der Waals surface area contributed by atoms with Gasteiger partial charge in [-0.3, -0.25) is 9.59 Å². The topological polar surface area (TPSA) is 78.4 Å². The van der Waals surface area contributed by atoms with Crippen LogP contribution in [-0.4, -0.2) is 29.1 Å². The first-order valence-corrected chi connectivity index (χ1v) is 8.60. The second kappa shape index (κ2) is 7.54. The maximum Gasteiger partial charge on any atom is 0.251 e. The molecule has 0 bridgehead atoms. The van der Waals surface area contributed by atoms with Crippen LogP contribution in [0.1, 0.15) is 27.9 Å². The van der Waals surface area contributed by atoms with E-state index in [1.165, 1.54) is 11.6 Å². The molecule has 1 aliphatic rings. The molecular formula is C21H22N2O3. The van der Waals surface area contributed by atoms with E-state index in [0.717, 1.165) is 12.0 Å². The molecule has 2 amide bonds. The number of aliphatic hydroxyl groups is 1. The van der Waals surface area contributed by atoms with Gasteiger partial charge in [-0.1, -0.05) is 36.9 Å². The maximum atomic E-state index is 12.4. The Hall–Kier alpha value is -2.92. The van der Waals surface area contributed by atoms with E-state index < -0.39 is 5.60 Å². The number of carbonyl (C=O) groups is 2.